The molecule has 0 radical (unpaired) electrons. The number of esters is 1. The van der Waals surface area contributed by atoms with Gasteiger partial charge in [0.15, 0.2) is 0 Å². The van der Waals surface area contributed by atoms with Crippen LogP contribution in [0.15, 0.2) is 0 Å². The average Bonchev–Trinajstić information content (AvgIpc) is 2.45. The van der Waals surface area contributed by atoms with Crippen molar-refractivity contribution in [1.29, 1.82) is 0 Å². The molecule has 20 heavy (non-hydrogen) atoms. The SMILES string of the molecule is CCOC(=O)NC1CC(C(=O)OC)CN(C(C)CC)C1. The summed E-state index contributed by atoms with van der Waals surface area (Å²) in [7, 11) is 1.40. The number of hydrogen-bond donors (Lipinski definition) is 1. The highest BCUT2D eigenvalue weighted by atomic mass is 16.5. The van der Waals surface area contributed by atoms with Gasteiger partial charge < -0.3 is 14.8 Å². The number of rotatable bonds is 5. The zero-order chi connectivity index (χ0) is 15.1. The minimum Gasteiger partial charge on any atom is -0.469 e. The fourth-order valence-electron chi connectivity index (χ4n) is 2.53. The summed E-state index contributed by atoms with van der Waals surface area (Å²) in [5.41, 5.74) is 0. The summed E-state index contributed by atoms with van der Waals surface area (Å²) in [5, 5.41) is 2.83. The molecule has 116 valence electrons. The molecule has 0 aromatic heterocycles. The van der Waals surface area contributed by atoms with Gasteiger partial charge in [-0.05, 0) is 26.7 Å². The standard InChI is InChI=1S/C14H26N2O4/c1-5-10(3)16-8-11(13(17)19-4)7-12(9-16)15-14(18)20-6-2/h10-12H,5-9H2,1-4H3,(H,15,18). The van der Waals surface area contributed by atoms with E-state index in [9.17, 15) is 9.59 Å². The smallest absolute Gasteiger partial charge is 0.407 e. The fourth-order valence-corrected chi connectivity index (χ4v) is 2.53. The second-order valence-electron chi connectivity index (χ2n) is 5.23. The Bertz CT molecular complexity index is 335. The molecule has 0 spiro atoms. The number of alkyl carbamates (subject to hydrolysis) is 1. The van der Waals surface area contributed by atoms with Crippen LogP contribution in [0.4, 0.5) is 4.79 Å². The molecule has 1 amide bonds. The molecule has 1 aliphatic rings. The Labute approximate surface area is 120 Å². The van der Waals surface area contributed by atoms with Gasteiger partial charge in [-0.15, -0.1) is 0 Å². The van der Waals surface area contributed by atoms with Crippen molar-refractivity contribution in [2.45, 2.75) is 45.7 Å². The van der Waals surface area contributed by atoms with Crippen molar-refractivity contribution in [3.63, 3.8) is 0 Å². The summed E-state index contributed by atoms with van der Waals surface area (Å²) >= 11 is 0. The molecular weight excluding hydrogens is 260 g/mol. The van der Waals surface area contributed by atoms with Crippen LogP contribution in [0.25, 0.3) is 0 Å². The number of amides is 1. The molecule has 0 bridgehead atoms. The topological polar surface area (TPSA) is 67.9 Å². The first-order valence-corrected chi connectivity index (χ1v) is 7.26. The Hall–Kier alpha value is -1.30. The Kier molecular flexibility index (Phi) is 6.78. The predicted octanol–water partition coefficient (Wildman–Crippen LogP) is 1.39. The van der Waals surface area contributed by atoms with E-state index in [1.54, 1.807) is 6.92 Å². The number of carbonyl (C=O) groups is 2. The van der Waals surface area contributed by atoms with Crippen molar-refractivity contribution in [3.05, 3.63) is 0 Å². The maximum absolute atomic E-state index is 11.8. The fraction of sp³-hybridized carbons (Fsp3) is 0.857. The number of carbonyl (C=O) groups excluding carboxylic acids is 2. The van der Waals surface area contributed by atoms with Crippen LogP contribution < -0.4 is 5.32 Å². The van der Waals surface area contributed by atoms with Crippen LogP contribution in [0.1, 0.15) is 33.6 Å². The maximum atomic E-state index is 11.8. The third-order valence-electron chi connectivity index (χ3n) is 3.82. The minimum absolute atomic E-state index is 0.0825. The molecule has 0 aromatic carbocycles. The Morgan fingerprint density at radius 2 is 2.05 bits per heavy atom. The normalized spacial score (nSPS) is 24.8. The molecule has 1 N–H and O–H groups in total. The zero-order valence-electron chi connectivity index (χ0n) is 12.8. The van der Waals surface area contributed by atoms with E-state index in [0.29, 0.717) is 25.6 Å². The lowest BCUT2D eigenvalue weighted by molar-refractivity contribution is -0.148. The number of hydrogen-bond acceptors (Lipinski definition) is 5. The number of piperidine rings is 1. The minimum atomic E-state index is -0.424. The molecule has 3 unspecified atom stereocenters. The highest BCUT2D eigenvalue weighted by Crippen LogP contribution is 2.21. The maximum Gasteiger partial charge on any atom is 0.407 e. The van der Waals surface area contributed by atoms with Gasteiger partial charge in [-0.2, -0.15) is 0 Å². The van der Waals surface area contributed by atoms with E-state index in [2.05, 4.69) is 24.1 Å². The Morgan fingerprint density at radius 1 is 1.35 bits per heavy atom. The van der Waals surface area contributed by atoms with Crippen molar-refractivity contribution in [3.8, 4) is 0 Å². The number of ether oxygens (including phenoxy) is 2. The van der Waals surface area contributed by atoms with Crippen LogP contribution in [-0.2, 0) is 14.3 Å². The Morgan fingerprint density at radius 3 is 2.60 bits per heavy atom. The number of nitrogens with zero attached hydrogens (tertiary/aromatic N) is 1. The average molecular weight is 286 g/mol. The van der Waals surface area contributed by atoms with Crippen LogP contribution in [0, 0.1) is 5.92 Å². The van der Waals surface area contributed by atoms with E-state index in [4.69, 9.17) is 9.47 Å². The second-order valence-corrected chi connectivity index (χ2v) is 5.23. The van der Waals surface area contributed by atoms with Gasteiger partial charge >= 0.3 is 12.1 Å². The van der Waals surface area contributed by atoms with Crippen molar-refractivity contribution >= 4 is 12.1 Å². The molecular formula is C14H26N2O4. The first kappa shape index (κ1) is 16.8. The highest BCUT2D eigenvalue weighted by Gasteiger charge is 2.34. The van der Waals surface area contributed by atoms with Crippen LogP contribution in [0.5, 0.6) is 0 Å². The van der Waals surface area contributed by atoms with Crippen molar-refractivity contribution in [2.75, 3.05) is 26.8 Å². The van der Waals surface area contributed by atoms with Crippen LogP contribution in [0.3, 0.4) is 0 Å². The highest BCUT2D eigenvalue weighted by molar-refractivity contribution is 5.73. The summed E-state index contributed by atoms with van der Waals surface area (Å²) in [6, 6.07) is 0.287. The quantitative estimate of drug-likeness (QED) is 0.774. The van der Waals surface area contributed by atoms with E-state index in [-0.39, 0.29) is 17.9 Å². The van der Waals surface area contributed by atoms with Gasteiger partial charge in [0, 0.05) is 25.2 Å². The third kappa shape index (κ3) is 4.67. The molecule has 1 saturated heterocycles. The third-order valence-corrected chi connectivity index (χ3v) is 3.82. The van der Waals surface area contributed by atoms with Gasteiger partial charge in [0.1, 0.15) is 0 Å². The van der Waals surface area contributed by atoms with Gasteiger partial charge in [0.2, 0.25) is 0 Å². The van der Waals surface area contributed by atoms with E-state index < -0.39 is 6.09 Å². The summed E-state index contributed by atoms with van der Waals surface area (Å²) < 4.78 is 9.75. The van der Waals surface area contributed by atoms with Gasteiger partial charge in [0.05, 0.1) is 19.6 Å². The molecule has 6 nitrogen and oxygen atoms in total. The molecule has 0 aliphatic carbocycles. The van der Waals surface area contributed by atoms with E-state index in [1.165, 1.54) is 7.11 Å². The van der Waals surface area contributed by atoms with Crippen LogP contribution >= 0.6 is 0 Å². The lowest BCUT2D eigenvalue weighted by atomic mass is 9.93. The largest absolute Gasteiger partial charge is 0.469 e. The zero-order valence-corrected chi connectivity index (χ0v) is 12.8. The molecule has 3 atom stereocenters. The van der Waals surface area contributed by atoms with Crippen LogP contribution in [-0.4, -0.2) is 55.9 Å². The van der Waals surface area contributed by atoms with Gasteiger partial charge in [0.25, 0.3) is 0 Å². The lowest BCUT2D eigenvalue weighted by Crippen LogP contribution is -2.54. The Balaban J connectivity index is 2.68. The first-order chi connectivity index (χ1) is 9.51. The van der Waals surface area contributed by atoms with Gasteiger partial charge in [-0.25, -0.2) is 4.79 Å². The summed E-state index contributed by atoms with van der Waals surface area (Å²) in [5.74, 6) is -0.414. The summed E-state index contributed by atoms with van der Waals surface area (Å²) in [6.45, 7) is 7.77. The predicted molar refractivity (Wildman–Crippen MR) is 75.4 cm³/mol. The molecule has 1 fully saturated rings. The molecule has 0 saturated carbocycles. The molecule has 1 aliphatic heterocycles. The van der Waals surface area contributed by atoms with Gasteiger partial charge in [-0.1, -0.05) is 6.92 Å². The summed E-state index contributed by atoms with van der Waals surface area (Å²) in [6.07, 6.45) is 1.17. The van der Waals surface area contributed by atoms with E-state index >= 15 is 0 Å². The first-order valence-electron chi connectivity index (χ1n) is 7.26. The molecule has 1 rings (SSSR count). The second kappa shape index (κ2) is 8.09. The van der Waals surface area contributed by atoms with E-state index in [1.807, 2.05) is 0 Å². The van der Waals surface area contributed by atoms with Crippen LogP contribution in [0.2, 0.25) is 0 Å². The lowest BCUT2D eigenvalue weighted by Gasteiger charge is -2.39. The number of nitrogens with one attached hydrogen (secondary N) is 1. The van der Waals surface area contributed by atoms with E-state index in [0.717, 1.165) is 13.0 Å². The molecule has 1 heterocycles. The van der Waals surface area contributed by atoms with Crippen molar-refractivity contribution < 1.29 is 19.1 Å². The van der Waals surface area contributed by atoms with Crippen molar-refractivity contribution in [2.24, 2.45) is 5.92 Å². The molecule has 0 aromatic rings. The van der Waals surface area contributed by atoms with Gasteiger partial charge in [-0.3, -0.25) is 9.69 Å². The number of methoxy groups -OCH3 is 1. The number of likely N-dealkylation sites (tertiary alicyclic amines) is 1. The molecule has 6 heteroatoms. The van der Waals surface area contributed by atoms with Crippen molar-refractivity contribution in [1.82, 2.24) is 10.2 Å². The monoisotopic (exact) mass is 286 g/mol. The summed E-state index contributed by atoms with van der Waals surface area (Å²) in [4.78, 5) is 25.5.